The van der Waals surface area contributed by atoms with Gasteiger partial charge in [0.15, 0.2) is 0 Å². The summed E-state index contributed by atoms with van der Waals surface area (Å²) in [4.78, 5) is 11.5. The molecule has 0 heterocycles. The van der Waals surface area contributed by atoms with Crippen LogP contribution >= 0.6 is 0 Å². The van der Waals surface area contributed by atoms with Crippen molar-refractivity contribution in [2.45, 2.75) is 0 Å². The van der Waals surface area contributed by atoms with Gasteiger partial charge in [-0.05, 0) is 18.2 Å². The number of hydrogen-bond acceptors (Lipinski definition) is 4. The second-order valence-corrected chi connectivity index (χ2v) is 3.33. The Labute approximate surface area is 98.4 Å². The molecule has 5 nitrogen and oxygen atoms in total. The van der Waals surface area contributed by atoms with Crippen LogP contribution in [0.5, 0.6) is 0 Å². The van der Waals surface area contributed by atoms with Crippen LogP contribution in [-0.2, 0) is 4.74 Å². The van der Waals surface area contributed by atoms with E-state index >= 15 is 0 Å². The molecule has 0 bridgehead atoms. The van der Waals surface area contributed by atoms with Crippen LogP contribution in [0.1, 0.15) is 10.4 Å². The molecule has 0 aliphatic rings. The first-order valence-corrected chi connectivity index (χ1v) is 5.17. The molecule has 0 atom stereocenters. The molecule has 94 valence electrons. The average molecular weight is 242 g/mol. The molecule has 1 aromatic carbocycles. The first-order valence-electron chi connectivity index (χ1n) is 5.17. The SMILES string of the molecule is Nc1ccc(F)c(C(=O)NCCOCCO)c1. The van der Waals surface area contributed by atoms with Crippen LogP contribution in [0.15, 0.2) is 18.2 Å². The van der Waals surface area contributed by atoms with Gasteiger partial charge in [0, 0.05) is 12.2 Å². The summed E-state index contributed by atoms with van der Waals surface area (Å²) in [5.41, 5.74) is 5.70. The molecular weight excluding hydrogens is 227 g/mol. The number of hydrogen-bond donors (Lipinski definition) is 3. The van der Waals surface area contributed by atoms with Crippen molar-refractivity contribution in [2.24, 2.45) is 0 Å². The topological polar surface area (TPSA) is 84.6 Å². The van der Waals surface area contributed by atoms with Crippen LogP contribution < -0.4 is 11.1 Å². The lowest BCUT2D eigenvalue weighted by Gasteiger charge is -2.07. The van der Waals surface area contributed by atoms with Crippen LogP contribution in [0, 0.1) is 5.82 Å². The number of carbonyl (C=O) groups is 1. The monoisotopic (exact) mass is 242 g/mol. The molecule has 4 N–H and O–H groups in total. The average Bonchev–Trinajstić information content (AvgIpc) is 2.32. The summed E-state index contributed by atoms with van der Waals surface area (Å²) in [5, 5.41) is 10.9. The zero-order chi connectivity index (χ0) is 12.7. The summed E-state index contributed by atoms with van der Waals surface area (Å²) in [5.74, 6) is -1.16. The number of carbonyl (C=O) groups excluding carboxylic acids is 1. The van der Waals surface area contributed by atoms with Crippen molar-refractivity contribution in [3.05, 3.63) is 29.6 Å². The highest BCUT2D eigenvalue weighted by Gasteiger charge is 2.11. The van der Waals surface area contributed by atoms with Crippen molar-refractivity contribution in [3.63, 3.8) is 0 Å². The van der Waals surface area contributed by atoms with Crippen molar-refractivity contribution in [2.75, 3.05) is 32.1 Å². The summed E-state index contributed by atoms with van der Waals surface area (Å²) in [6.45, 7) is 0.642. The number of amides is 1. The Hall–Kier alpha value is -1.66. The Kier molecular flexibility index (Phi) is 5.38. The Morgan fingerprint density at radius 3 is 2.94 bits per heavy atom. The Bertz CT molecular complexity index is 385. The number of halogens is 1. The van der Waals surface area contributed by atoms with Gasteiger partial charge in [-0.2, -0.15) is 0 Å². The molecule has 6 heteroatoms. The van der Waals surface area contributed by atoms with Crippen molar-refractivity contribution in [1.29, 1.82) is 0 Å². The minimum atomic E-state index is -0.618. The number of anilines is 1. The number of nitrogens with two attached hydrogens (primary N) is 1. The van der Waals surface area contributed by atoms with Gasteiger partial charge < -0.3 is 20.9 Å². The van der Waals surface area contributed by atoms with Gasteiger partial charge in [-0.1, -0.05) is 0 Å². The van der Waals surface area contributed by atoms with Gasteiger partial charge in [0.25, 0.3) is 5.91 Å². The van der Waals surface area contributed by atoms with E-state index in [1.807, 2.05) is 0 Å². The highest BCUT2D eigenvalue weighted by Crippen LogP contribution is 2.11. The minimum Gasteiger partial charge on any atom is -0.399 e. The number of nitrogen functional groups attached to an aromatic ring is 1. The molecule has 0 spiro atoms. The number of ether oxygens (including phenoxy) is 1. The fraction of sp³-hybridized carbons (Fsp3) is 0.364. The first-order chi connectivity index (χ1) is 8.15. The van der Waals surface area contributed by atoms with E-state index in [2.05, 4.69) is 5.32 Å². The van der Waals surface area contributed by atoms with Crippen LogP contribution in [0.25, 0.3) is 0 Å². The number of benzene rings is 1. The van der Waals surface area contributed by atoms with Gasteiger partial charge >= 0.3 is 0 Å². The summed E-state index contributed by atoms with van der Waals surface area (Å²) in [7, 11) is 0. The predicted molar refractivity (Wildman–Crippen MR) is 61.1 cm³/mol. The predicted octanol–water partition coefficient (Wildman–Crippen LogP) is 0.147. The zero-order valence-electron chi connectivity index (χ0n) is 9.28. The fourth-order valence-corrected chi connectivity index (χ4v) is 1.22. The summed E-state index contributed by atoms with van der Waals surface area (Å²) < 4.78 is 18.2. The molecule has 17 heavy (non-hydrogen) atoms. The van der Waals surface area contributed by atoms with Gasteiger partial charge in [-0.15, -0.1) is 0 Å². The maximum Gasteiger partial charge on any atom is 0.254 e. The van der Waals surface area contributed by atoms with E-state index in [-0.39, 0.29) is 31.9 Å². The lowest BCUT2D eigenvalue weighted by molar-refractivity contribution is 0.0836. The molecule has 1 amide bonds. The third-order valence-corrected chi connectivity index (χ3v) is 2.00. The summed E-state index contributed by atoms with van der Waals surface area (Å²) in [6.07, 6.45) is 0. The smallest absolute Gasteiger partial charge is 0.254 e. The van der Waals surface area contributed by atoms with E-state index in [9.17, 15) is 9.18 Å². The minimum absolute atomic E-state index is 0.0716. The van der Waals surface area contributed by atoms with E-state index in [4.69, 9.17) is 15.6 Å². The number of rotatable bonds is 6. The van der Waals surface area contributed by atoms with Gasteiger partial charge in [-0.25, -0.2) is 4.39 Å². The molecule has 0 aliphatic heterocycles. The molecule has 1 aromatic rings. The second-order valence-electron chi connectivity index (χ2n) is 3.33. The fourth-order valence-electron chi connectivity index (χ4n) is 1.22. The van der Waals surface area contributed by atoms with E-state index < -0.39 is 11.7 Å². The van der Waals surface area contributed by atoms with Crippen LogP contribution in [-0.4, -0.2) is 37.4 Å². The van der Waals surface area contributed by atoms with Crippen molar-refractivity contribution in [1.82, 2.24) is 5.32 Å². The number of aliphatic hydroxyl groups excluding tert-OH is 1. The Balaban J connectivity index is 2.44. The summed E-state index contributed by atoms with van der Waals surface area (Å²) in [6, 6.07) is 3.81. The molecule has 0 radical (unpaired) electrons. The Morgan fingerprint density at radius 1 is 1.47 bits per heavy atom. The first kappa shape index (κ1) is 13.4. The normalized spacial score (nSPS) is 10.2. The molecular formula is C11H15FN2O3. The zero-order valence-corrected chi connectivity index (χ0v) is 9.28. The molecule has 0 saturated carbocycles. The number of nitrogens with one attached hydrogen (secondary N) is 1. The molecule has 1 rings (SSSR count). The maximum atomic E-state index is 13.3. The quantitative estimate of drug-likeness (QED) is 0.489. The largest absolute Gasteiger partial charge is 0.399 e. The highest BCUT2D eigenvalue weighted by atomic mass is 19.1. The van der Waals surface area contributed by atoms with E-state index in [1.54, 1.807) is 0 Å². The highest BCUT2D eigenvalue weighted by molar-refractivity contribution is 5.95. The van der Waals surface area contributed by atoms with E-state index in [1.165, 1.54) is 12.1 Å². The van der Waals surface area contributed by atoms with Gasteiger partial charge in [0.2, 0.25) is 0 Å². The van der Waals surface area contributed by atoms with E-state index in [0.29, 0.717) is 5.69 Å². The third-order valence-electron chi connectivity index (χ3n) is 2.00. The van der Waals surface area contributed by atoms with Crippen molar-refractivity contribution in [3.8, 4) is 0 Å². The van der Waals surface area contributed by atoms with Gasteiger partial charge in [0.05, 0.1) is 25.4 Å². The second kappa shape index (κ2) is 6.82. The number of aliphatic hydroxyl groups is 1. The van der Waals surface area contributed by atoms with Crippen LogP contribution in [0.4, 0.5) is 10.1 Å². The maximum absolute atomic E-state index is 13.3. The Morgan fingerprint density at radius 2 is 2.24 bits per heavy atom. The van der Waals surface area contributed by atoms with Crippen molar-refractivity contribution < 1.29 is 19.0 Å². The summed E-state index contributed by atoms with van der Waals surface area (Å²) >= 11 is 0. The van der Waals surface area contributed by atoms with Crippen molar-refractivity contribution >= 4 is 11.6 Å². The molecule has 0 aliphatic carbocycles. The van der Waals surface area contributed by atoms with E-state index in [0.717, 1.165) is 6.07 Å². The molecule has 0 fully saturated rings. The molecule has 0 saturated heterocycles. The van der Waals surface area contributed by atoms with Crippen LogP contribution in [0.3, 0.4) is 0 Å². The lowest BCUT2D eigenvalue weighted by atomic mass is 10.2. The standard InChI is InChI=1S/C11H15FN2O3/c12-10-2-1-8(13)7-9(10)11(16)14-3-5-17-6-4-15/h1-2,7,15H,3-6,13H2,(H,14,16). The molecule has 0 aromatic heterocycles. The lowest BCUT2D eigenvalue weighted by Crippen LogP contribution is -2.28. The third kappa shape index (κ3) is 4.38. The molecule has 0 unspecified atom stereocenters. The van der Waals surface area contributed by atoms with Gasteiger partial charge in [-0.3, -0.25) is 4.79 Å². The van der Waals surface area contributed by atoms with Gasteiger partial charge in [0.1, 0.15) is 5.82 Å². The van der Waals surface area contributed by atoms with Crippen LogP contribution in [0.2, 0.25) is 0 Å².